The molecule has 2 aliphatic carbocycles. The summed E-state index contributed by atoms with van der Waals surface area (Å²) in [5.74, 6) is 0.282. The predicted octanol–water partition coefficient (Wildman–Crippen LogP) is 4.64. The van der Waals surface area contributed by atoms with E-state index in [0.29, 0.717) is 5.13 Å². The smallest absolute Gasteiger partial charge is 0.321 e. The average Bonchev–Trinajstić information content (AvgIpc) is 3.48. The first-order valence-electron chi connectivity index (χ1n) is 10.1. The molecule has 1 aromatic heterocycles. The van der Waals surface area contributed by atoms with Crippen LogP contribution in [0.2, 0.25) is 0 Å². The number of anilines is 2. The SMILES string of the molecule is CC(NC(=O)Nc1nc2c(s1)CCCCC2)c1ccc(NC(=O)C2CC2)cc1. The molecular weight excluding hydrogens is 372 g/mol. The van der Waals surface area contributed by atoms with E-state index in [2.05, 4.69) is 20.9 Å². The summed E-state index contributed by atoms with van der Waals surface area (Å²) in [5.41, 5.74) is 2.92. The highest BCUT2D eigenvalue weighted by molar-refractivity contribution is 7.15. The molecule has 1 unspecified atom stereocenters. The number of nitrogens with one attached hydrogen (secondary N) is 3. The van der Waals surface area contributed by atoms with E-state index in [4.69, 9.17) is 0 Å². The molecule has 1 heterocycles. The summed E-state index contributed by atoms with van der Waals surface area (Å²) in [4.78, 5) is 30.1. The molecule has 0 spiro atoms. The summed E-state index contributed by atoms with van der Waals surface area (Å²) in [7, 11) is 0. The van der Waals surface area contributed by atoms with Crippen LogP contribution < -0.4 is 16.0 Å². The molecule has 1 fully saturated rings. The van der Waals surface area contributed by atoms with Crippen molar-refractivity contribution in [2.45, 2.75) is 57.9 Å². The fourth-order valence-electron chi connectivity index (χ4n) is 3.44. The Morgan fingerprint density at radius 3 is 2.57 bits per heavy atom. The number of amides is 3. The van der Waals surface area contributed by atoms with E-state index < -0.39 is 0 Å². The summed E-state index contributed by atoms with van der Waals surface area (Å²) in [6.45, 7) is 1.94. The number of hydrogen-bond acceptors (Lipinski definition) is 4. The van der Waals surface area contributed by atoms with Crippen LogP contribution in [0.4, 0.5) is 15.6 Å². The van der Waals surface area contributed by atoms with Gasteiger partial charge in [0.1, 0.15) is 0 Å². The summed E-state index contributed by atoms with van der Waals surface area (Å²) >= 11 is 1.59. The first-order chi connectivity index (χ1) is 13.6. The lowest BCUT2D eigenvalue weighted by atomic mass is 10.1. The minimum absolute atomic E-state index is 0.0974. The monoisotopic (exact) mass is 398 g/mol. The van der Waals surface area contributed by atoms with Crippen LogP contribution in [0, 0.1) is 5.92 Å². The molecule has 2 aromatic rings. The van der Waals surface area contributed by atoms with Crippen molar-refractivity contribution in [3.63, 3.8) is 0 Å². The van der Waals surface area contributed by atoms with E-state index in [-0.39, 0.29) is 23.9 Å². The van der Waals surface area contributed by atoms with Crippen molar-refractivity contribution < 1.29 is 9.59 Å². The van der Waals surface area contributed by atoms with E-state index in [1.165, 1.54) is 24.1 Å². The largest absolute Gasteiger partial charge is 0.331 e. The third-order valence-electron chi connectivity index (χ3n) is 5.29. The van der Waals surface area contributed by atoms with E-state index in [0.717, 1.165) is 42.6 Å². The van der Waals surface area contributed by atoms with Gasteiger partial charge in [-0.1, -0.05) is 18.6 Å². The van der Waals surface area contributed by atoms with Gasteiger partial charge in [-0.3, -0.25) is 10.1 Å². The van der Waals surface area contributed by atoms with E-state index in [1.807, 2.05) is 31.2 Å². The molecule has 2 aliphatic rings. The third kappa shape index (κ3) is 4.70. The Hall–Kier alpha value is -2.41. The lowest BCUT2D eigenvalue weighted by molar-refractivity contribution is -0.117. The Bertz CT molecular complexity index is 834. The second kappa shape index (κ2) is 8.31. The van der Waals surface area contributed by atoms with Crippen molar-refractivity contribution in [1.29, 1.82) is 0 Å². The van der Waals surface area contributed by atoms with Gasteiger partial charge in [-0.05, 0) is 63.1 Å². The van der Waals surface area contributed by atoms with Crippen molar-refractivity contribution in [2.24, 2.45) is 5.92 Å². The molecule has 1 saturated carbocycles. The lowest BCUT2D eigenvalue weighted by Gasteiger charge is -2.15. The molecule has 3 amide bonds. The number of thiazole rings is 1. The van der Waals surface area contributed by atoms with E-state index in [1.54, 1.807) is 11.3 Å². The molecular formula is C21H26N4O2S. The number of rotatable bonds is 5. The molecule has 6 nitrogen and oxygen atoms in total. The van der Waals surface area contributed by atoms with Crippen molar-refractivity contribution in [3.05, 3.63) is 40.4 Å². The van der Waals surface area contributed by atoms with Crippen LogP contribution in [0.15, 0.2) is 24.3 Å². The summed E-state index contributed by atoms with van der Waals surface area (Å²) in [6, 6.07) is 7.22. The second-order valence-corrected chi connectivity index (χ2v) is 8.74. The fourth-order valence-corrected chi connectivity index (χ4v) is 4.49. The second-order valence-electron chi connectivity index (χ2n) is 7.66. The molecule has 28 heavy (non-hydrogen) atoms. The molecule has 0 radical (unpaired) electrons. The number of urea groups is 1. The zero-order chi connectivity index (χ0) is 19.5. The Balaban J connectivity index is 1.30. The quantitative estimate of drug-likeness (QED) is 0.642. The summed E-state index contributed by atoms with van der Waals surface area (Å²) in [5, 5.41) is 9.43. The Morgan fingerprint density at radius 1 is 1.07 bits per heavy atom. The standard InChI is InChI=1S/C21H26N4O2S/c1-13(14-9-11-16(12-10-14)23-19(26)15-7-8-15)22-20(27)25-21-24-17-5-3-2-4-6-18(17)28-21/h9-13,15H,2-8H2,1H3,(H,23,26)(H2,22,24,25,27). The minimum atomic E-state index is -0.248. The van der Waals surface area contributed by atoms with Crippen LogP contribution in [0.1, 0.15) is 61.2 Å². The van der Waals surface area contributed by atoms with Gasteiger partial charge in [0.15, 0.2) is 5.13 Å². The number of aryl methyl sites for hydroxylation is 2. The molecule has 3 N–H and O–H groups in total. The molecule has 0 saturated heterocycles. The maximum absolute atomic E-state index is 12.4. The van der Waals surface area contributed by atoms with Gasteiger partial charge in [-0.2, -0.15) is 0 Å². The van der Waals surface area contributed by atoms with E-state index in [9.17, 15) is 9.59 Å². The number of carbonyl (C=O) groups excluding carboxylic acids is 2. The number of nitrogens with zero attached hydrogens (tertiary/aromatic N) is 1. The number of benzene rings is 1. The van der Waals surface area contributed by atoms with Gasteiger partial charge in [-0.25, -0.2) is 9.78 Å². The van der Waals surface area contributed by atoms with Crippen molar-refractivity contribution >= 4 is 34.1 Å². The maximum Gasteiger partial charge on any atom is 0.321 e. The van der Waals surface area contributed by atoms with Crippen LogP contribution in [0.5, 0.6) is 0 Å². The van der Waals surface area contributed by atoms with Gasteiger partial charge in [-0.15, -0.1) is 11.3 Å². The molecule has 0 bridgehead atoms. The maximum atomic E-state index is 12.4. The third-order valence-corrected chi connectivity index (χ3v) is 6.36. The molecule has 148 valence electrons. The Morgan fingerprint density at radius 2 is 1.82 bits per heavy atom. The molecule has 7 heteroatoms. The van der Waals surface area contributed by atoms with E-state index >= 15 is 0 Å². The molecule has 0 aliphatic heterocycles. The van der Waals surface area contributed by atoms with Crippen LogP contribution in [-0.2, 0) is 17.6 Å². The highest BCUT2D eigenvalue weighted by atomic mass is 32.1. The molecule has 1 aromatic carbocycles. The zero-order valence-electron chi connectivity index (χ0n) is 16.1. The molecule has 1 atom stereocenters. The van der Waals surface area contributed by atoms with Gasteiger partial charge >= 0.3 is 6.03 Å². The summed E-state index contributed by atoms with van der Waals surface area (Å²) < 4.78 is 0. The van der Waals surface area contributed by atoms with Crippen LogP contribution >= 0.6 is 11.3 Å². The van der Waals surface area contributed by atoms with Crippen LogP contribution in [0.25, 0.3) is 0 Å². The van der Waals surface area contributed by atoms with Gasteiger partial charge in [0.2, 0.25) is 5.91 Å². The zero-order valence-corrected chi connectivity index (χ0v) is 16.9. The Kier molecular flexibility index (Phi) is 5.62. The number of fused-ring (bicyclic) bond motifs is 1. The van der Waals surface area contributed by atoms with Crippen molar-refractivity contribution in [2.75, 3.05) is 10.6 Å². The topological polar surface area (TPSA) is 83.1 Å². The first kappa shape index (κ1) is 18.9. The molecule has 4 rings (SSSR count). The number of hydrogen-bond donors (Lipinski definition) is 3. The van der Waals surface area contributed by atoms with Crippen LogP contribution in [-0.4, -0.2) is 16.9 Å². The van der Waals surface area contributed by atoms with Gasteiger partial charge in [0.25, 0.3) is 0 Å². The van der Waals surface area contributed by atoms with Crippen LogP contribution in [0.3, 0.4) is 0 Å². The fraction of sp³-hybridized carbons (Fsp3) is 0.476. The van der Waals surface area contributed by atoms with Gasteiger partial charge < -0.3 is 10.6 Å². The van der Waals surface area contributed by atoms with Crippen molar-refractivity contribution in [3.8, 4) is 0 Å². The summed E-state index contributed by atoms with van der Waals surface area (Å²) in [6.07, 6.45) is 7.69. The minimum Gasteiger partial charge on any atom is -0.331 e. The normalized spacial score (nSPS) is 17.2. The average molecular weight is 399 g/mol. The van der Waals surface area contributed by atoms with Gasteiger partial charge in [0, 0.05) is 16.5 Å². The highest BCUT2D eigenvalue weighted by Crippen LogP contribution is 2.30. The first-order valence-corrected chi connectivity index (χ1v) is 10.9. The van der Waals surface area contributed by atoms with Gasteiger partial charge in [0.05, 0.1) is 11.7 Å². The highest BCUT2D eigenvalue weighted by Gasteiger charge is 2.29. The number of carbonyl (C=O) groups is 2. The lowest BCUT2D eigenvalue weighted by Crippen LogP contribution is -2.31. The number of aromatic nitrogens is 1. The van der Waals surface area contributed by atoms with Crippen molar-refractivity contribution in [1.82, 2.24) is 10.3 Å². The Labute approximate surface area is 169 Å². The predicted molar refractivity (Wildman–Crippen MR) is 112 cm³/mol.